The summed E-state index contributed by atoms with van der Waals surface area (Å²) in [5.74, 6) is 0.629. The van der Waals surface area contributed by atoms with E-state index in [1.165, 1.54) is 11.1 Å². The molecule has 0 unspecified atom stereocenters. The molecule has 21 heavy (non-hydrogen) atoms. The lowest BCUT2D eigenvalue weighted by Gasteiger charge is -2.37. The molecule has 1 N–H and O–H groups in total. The third-order valence-electron chi connectivity index (χ3n) is 4.06. The van der Waals surface area contributed by atoms with Gasteiger partial charge < -0.3 is 5.32 Å². The molecule has 0 radical (unpaired) electrons. The molecular formula is C17H16Cl3N. The fourth-order valence-corrected chi connectivity index (χ4v) is 3.30. The quantitative estimate of drug-likeness (QED) is 0.645. The second-order valence-electron chi connectivity index (χ2n) is 5.67. The fourth-order valence-electron chi connectivity index (χ4n) is 2.70. The molecule has 0 spiro atoms. The van der Waals surface area contributed by atoms with Gasteiger partial charge in [0.1, 0.15) is 0 Å². The van der Waals surface area contributed by atoms with E-state index < -0.39 is 0 Å². The monoisotopic (exact) mass is 339 g/mol. The van der Waals surface area contributed by atoms with Gasteiger partial charge in [0.15, 0.2) is 0 Å². The van der Waals surface area contributed by atoms with Crippen molar-refractivity contribution >= 4 is 40.5 Å². The van der Waals surface area contributed by atoms with E-state index in [2.05, 4.69) is 36.5 Å². The van der Waals surface area contributed by atoms with Gasteiger partial charge in [-0.3, -0.25) is 0 Å². The fraction of sp³-hybridized carbons (Fsp3) is 0.294. The normalized spacial score (nSPS) is 21.0. The van der Waals surface area contributed by atoms with Crippen LogP contribution in [-0.2, 0) is 0 Å². The average molecular weight is 341 g/mol. The van der Waals surface area contributed by atoms with Crippen LogP contribution in [0.3, 0.4) is 0 Å². The van der Waals surface area contributed by atoms with Crippen LogP contribution >= 0.6 is 34.8 Å². The molecule has 0 amide bonds. The van der Waals surface area contributed by atoms with Gasteiger partial charge in [-0.25, -0.2) is 0 Å². The van der Waals surface area contributed by atoms with Crippen LogP contribution in [0.4, 0.5) is 5.69 Å². The van der Waals surface area contributed by atoms with E-state index in [1.807, 2.05) is 0 Å². The first-order valence-corrected chi connectivity index (χ1v) is 8.14. The van der Waals surface area contributed by atoms with Crippen LogP contribution < -0.4 is 5.32 Å². The molecule has 0 bridgehead atoms. The van der Waals surface area contributed by atoms with Gasteiger partial charge in [0, 0.05) is 6.04 Å². The maximum Gasteiger partial charge on any atom is 0.0653 e. The molecular weight excluding hydrogens is 325 g/mol. The molecule has 0 saturated heterocycles. The van der Waals surface area contributed by atoms with Crippen LogP contribution in [0.2, 0.25) is 15.1 Å². The van der Waals surface area contributed by atoms with Crippen LogP contribution in [0.15, 0.2) is 36.4 Å². The predicted molar refractivity (Wildman–Crippen MR) is 92.0 cm³/mol. The molecule has 2 aromatic rings. The van der Waals surface area contributed by atoms with Gasteiger partial charge in [0.2, 0.25) is 0 Å². The Hall–Kier alpha value is -0.890. The number of hydrogen-bond donors (Lipinski definition) is 1. The Balaban J connectivity index is 1.62. The maximum absolute atomic E-state index is 6.19. The summed E-state index contributed by atoms with van der Waals surface area (Å²) in [6.07, 6.45) is 2.22. The maximum atomic E-state index is 6.19. The minimum Gasteiger partial charge on any atom is -0.381 e. The third-order valence-corrected chi connectivity index (χ3v) is 5.09. The van der Waals surface area contributed by atoms with E-state index in [1.54, 1.807) is 12.1 Å². The highest BCUT2D eigenvalue weighted by Gasteiger charge is 2.30. The summed E-state index contributed by atoms with van der Waals surface area (Å²) >= 11 is 18.2. The number of aryl methyl sites for hydroxylation is 1. The SMILES string of the molecule is Cc1ccc(C2CC(Nc3cc(Cl)c(Cl)cc3Cl)C2)cc1. The smallest absolute Gasteiger partial charge is 0.0653 e. The molecule has 3 rings (SSSR count). The molecule has 1 nitrogen and oxygen atoms in total. The van der Waals surface area contributed by atoms with Crippen LogP contribution in [0.5, 0.6) is 0 Å². The van der Waals surface area contributed by atoms with Crippen molar-refractivity contribution in [1.29, 1.82) is 0 Å². The zero-order valence-corrected chi connectivity index (χ0v) is 13.9. The highest BCUT2D eigenvalue weighted by molar-refractivity contribution is 6.44. The first-order valence-electron chi connectivity index (χ1n) is 7.00. The van der Waals surface area contributed by atoms with Gasteiger partial charge in [-0.2, -0.15) is 0 Å². The van der Waals surface area contributed by atoms with Gasteiger partial charge in [-0.15, -0.1) is 0 Å². The van der Waals surface area contributed by atoms with E-state index in [4.69, 9.17) is 34.8 Å². The van der Waals surface area contributed by atoms with Crippen LogP contribution in [0, 0.1) is 6.92 Å². The molecule has 0 aliphatic heterocycles. The summed E-state index contributed by atoms with van der Waals surface area (Å²) in [7, 11) is 0. The lowest BCUT2D eigenvalue weighted by Crippen LogP contribution is -2.34. The average Bonchev–Trinajstić information content (AvgIpc) is 2.40. The van der Waals surface area contributed by atoms with Crippen molar-refractivity contribution in [2.45, 2.75) is 31.7 Å². The van der Waals surface area contributed by atoms with Crippen molar-refractivity contribution in [3.8, 4) is 0 Å². The largest absolute Gasteiger partial charge is 0.381 e. The number of benzene rings is 2. The zero-order valence-electron chi connectivity index (χ0n) is 11.7. The Morgan fingerprint density at radius 2 is 1.52 bits per heavy atom. The van der Waals surface area contributed by atoms with Crippen molar-refractivity contribution in [3.63, 3.8) is 0 Å². The summed E-state index contributed by atoms with van der Waals surface area (Å²) in [5, 5.41) is 5.08. The number of hydrogen-bond acceptors (Lipinski definition) is 1. The molecule has 1 saturated carbocycles. The van der Waals surface area contributed by atoms with Crippen LogP contribution in [-0.4, -0.2) is 6.04 Å². The second-order valence-corrected chi connectivity index (χ2v) is 6.89. The Morgan fingerprint density at radius 1 is 0.905 bits per heavy atom. The number of anilines is 1. The predicted octanol–water partition coefficient (Wildman–Crippen LogP) is 6.31. The second kappa shape index (κ2) is 6.08. The van der Waals surface area contributed by atoms with Crippen molar-refractivity contribution in [1.82, 2.24) is 0 Å². The highest BCUT2D eigenvalue weighted by Crippen LogP contribution is 2.40. The molecule has 4 heteroatoms. The summed E-state index contributed by atoms with van der Waals surface area (Å²) in [6.45, 7) is 2.11. The minimum atomic E-state index is 0.436. The molecule has 1 aliphatic rings. The summed E-state index contributed by atoms with van der Waals surface area (Å²) in [4.78, 5) is 0. The van der Waals surface area contributed by atoms with Crippen LogP contribution in [0.25, 0.3) is 0 Å². The first kappa shape index (κ1) is 15.0. The highest BCUT2D eigenvalue weighted by atomic mass is 35.5. The van der Waals surface area contributed by atoms with Gasteiger partial charge in [-0.05, 0) is 43.4 Å². The van der Waals surface area contributed by atoms with Crippen molar-refractivity contribution in [2.24, 2.45) is 0 Å². The van der Waals surface area contributed by atoms with Crippen LogP contribution in [0.1, 0.15) is 29.9 Å². The topological polar surface area (TPSA) is 12.0 Å². The molecule has 1 fully saturated rings. The van der Waals surface area contributed by atoms with Gasteiger partial charge in [-0.1, -0.05) is 64.6 Å². The van der Waals surface area contributed by atoms with Gasteiger partial charge in [0.05, 0.1) is 20.8 Å². The lowest BCUT2D eigenvalue weighted by molar-refractivity contribution is 0.374. The van der Waals surface area contributed by atoms with E-state index in [0.717, 1.165) is 18.5 Å². The number of nitrogens with one attached hydrogen (secondary N) is 1. The van der Waals surface area contributed by atoms with E-state index >= 15 is 0 Å². The van der Waals surface area contributed by atoms with E-state index in [0.29, 0.717) is 27.0 Å². The Morgan fingerprint density at radius 3 is 2.19 bits per heavy atom. The van der Waals surface area contributed by atoms with E-state index in [9.17, 15) is 0 Å². The molecule has 0 heterocycles. The summed E-state index contributed by atoms with van der Waals surface area (Å²) in [5.41, 5.74) is 3.58. The van der Waals surface area contributed by atoms with Gasteiger partial charge in [0.25, 0.3) is 0 Å². The van der Waals surface area contributed by atoms with E-state index in [-0.39, 0.29) is 0 Å². The molecule has 110 valence electrons. The standard InChI is InChI=1S/C17H16Cl3N/c1-10-2-4-11(5-3-10)12-6-13(7-12)21-17-9-15(19)14(18)8-16(17)20/h2-5,8-9,12-13,21H,6-7H2,1H3. The molecule has 1 aliphatic carbocycles. The van der Waals surface area contributed by atoms with Crippen molar-refractivity contribution < 1.29 is 0 Å². The third kappa shape index (κ3) is 3.31. The van der Waals surface area contributed by atoms with Crippen molar-refractivity contribution in [2.75, 3.05) is 5.32 Å². The van der Waals surface area contributed by atoms with Crippen molar-refractivity contribution in [3.05, 3.63) is 62.6 Å². The number of rotatable bonds is 3. The first-order chi connectivity index (χ1) is 10.0. The Bertz CT molecular complexity index is 646. The van der Waals surface area contributed by atoms with Gasteiger partial charge >= 0.3 is 0 Å². The lowest BCUT2D eigenvalue weighted by atomic mass is 9.75. The number of halogens is 3. The molecule has 0 atom stereocenters. The molecule has 0 aromatic heterocycles. The summed E-state index contributed by atoms with van der Waals surface area (Å²) in [6, 6.07) is 12.7. The Kier molecular flexibility index (Phi) is 4.35. The molecule has 2 aromatic carbocycles. The zero-order chi connectivity index (χ0) is 15.0. The Labute approximate surface area is 140 Å². The summed E-state index contributed by atoms with van der Waals surface area (Å²) < 4.78 is 0. The minimum absolute atomic E-state index is 0.436.